The van der Waals surface area contributed by atoms with Gasteiger partial charge in [0, 0.05) is 55.8 Å². The molecule has 3 aromatic rings. The van der Waals surface area contributed by atoms with Crippen molar-refractivity contribution in [2.24, 2.45) is 0 Å². The number of aromatic nitrogens is 1. The quantitative estimate of drug-likeness (QED) is 0.669. The van der Waals surface area contributed by atoms with Crippen LogP contribution in [0.3, 0.4) is 0 Å². The van der Waals surface area contributed by atoms with Crippen LogP contribution in [0.5, 0.6) is 0 Å². The molecule has 0 aliphatic heterocycles. The van der Waals surface area contributed by atoms with Crippen LogP contribution in [0.2, 0.25) is 0 Å². The Morgan fingerprint density at radius 2 is 1.85 bits per heavy atom. The number of rotatable bonds is 7. The molecule has 4 heteroatoms. The van der Waals surface area contributed by atoms with E-state index in [1.54, 1.807) is 0 Å². The van der Waals surface area contributed by atoms with Crippen molar-refractivity contribution in [3.8, 4) is 0 Å². The van der Waals surface area contributed by atoms with E-state index < -0.39 is 0 Å². The van der Waals surface area contributed by atoms with E-state index >= 15 is 0 Å². The van der Waals surface area contributed by atoms with Gasteiger partial charge in [0.1, 0.15) is 0 Å². The van der Waals surface area contributed by atoms with Crippen molar-refractivity contribution in [3.63, 3.8) is 0 Å². The van der Waals surface area contributed by atoms with E-state index in [1.165, 1.54) is 22.2 Å². The van der Waals surface area contributed by atoms with Gasteiger partial charge in [-0.15, -0.1) is 0 Å². The van der Waals surface area contributed by atoms with Gasteiger partial charge in [0.15, 0.2) is 0 Å². The summed E-state index contributed by atoms with van der Waals surface area (Å²) in [5, 5.41) is 4.32. The highest BCUT2D eigenvalue weighted by Gasteiger charge is 2.19. The van der Waals surface area contributed by atoms with Gasteiger partial charge >= 0.3 is 0 Å². The summed E-state index contributed by atoms with van der Waals surface area (Å²) in [6.07, 6.45) is 3.50. The van der Waals surface area contributed by atoms with Crippen LogP contribution >= 0.6 is 0 Å². The zero-order chi connectivity index (χ0) is 18.5. The number of hydrogen-bond donors (Lipinski definition) is 2. The summed E-state index contributed by atoms with van der Waals surface area (Å²) in [5.74, 6) is 0.227. The Morgan fingerprint density at radius 1 is 1.12 bits per heavy atom. The third kappa shape index (κ3) is 3.90. The number of amides is 1. The molecule has 1 atom stereocenters. The van der Waals surface area contributed by atoms with Gasteiger partial charge in [0.2, 0.25) is 5.91 Å². The number of hydrogen-bond acceptors (Lipinski definition) is 2. The highest BCUT2D eigenvalue weighted by Crippen LogP contribution is 2.31. The Labute approximate surface area is 155 Å². The second-order valence-corrected chi connectivity index (χ2v) is 6.88. The summed E-state index contributed by atoms with van der Waals surface area (Å²) >= 11 is 0. The van der Waals surface area contributed by atoms with Crippen LogP contribution in [0.25, 0.3) is 10.9 Å². The molecule has 1 amide bonds. The number of anilines is 1. The normalized spacial score (nSPS) is 12.1. The average Bonchev–Trinajstić information content (AvgIpc) is 3.07. The van der Waals surface area contributed by atoms with Crippen LogP contribution in [-0.4, -0.2) is 31.5 Å². The maximum absolute atomic E-state index is 12.0. The van der Waals surface area contributed by atoms with Crippen molar-refractivity contribution in [2.75, 3.05) is 25.5 Å². The average molecular weight is 349 g/mol. The molecule has 26 heavy (non-hydrogen) atoms. The van der Waals surface area contributed by atoms with Crippen molar-refractivity contribution in [1.29, 1.82) is 0 Å². The van der Waals surface area contributed by atoms with E-state index in [-0.39, 0.29) is 11.8 Å². The number of carbonyl (C=O) groups is 1. The van der Waals surface area contributed by atoms with Gasteiger partial charge in [-0.3, -0.25) is 4.79 Å². The predicted octanol–water partition coefficient (Wildman–Crippen LogP) is 4.28. The fourth-order valence-electron chi connectivity index (χ4n) is 3.33. The third-order valence-corrected chi connectivity index (χ3v) is 4.79. The number of nitrogens with zero attached hydrogens (tertiary/aromatic N) is 1. The van der Waals surface area contributed by atoms with Crippen LogP contribution in [0.4, 0.5) is 5.69 Å². The summed E-state index contributed by atoms with van der Waals surface area (Å²) in [7, 11) is 4.08. The molecule has 1 aromatic heterocycles. The summed E-state index contributed by atoms with van der Waals surface area (Å²) < 4.78 is 0. The van der Waals surface area contributed by atoms with E-state index in [2.05, 4.69) is 63.9 Å². The lowest BCUT2D eigenvalue weighted by Crippen LogP contribution is -2.28. The molecule has 2 aromatic carbocycles. The van der Waals surface area contributed by atoms with Crippen molar-refractivity contribution in [3.05, 3.63) is 65.9 Å². The molecule has 0 saturated carbocycles. The van der Waals surface area contributed by atoms with E-state index in [0.717, 1.165) is 11.9 Å². The molecule has 2 N–H and O–H groups in total. The van der Waals surface area contributed by atoms with Crippen LogP contribution in [-0.2, 0) is 4.79 Å². The second kappa shape index (κ2) is 8.09. The molecular weight excluding hydrogens is 322 g/mol. The molecule has 136 valence electrons. The minimum Gasteiger partial charge on any atom is -0.378 e. The van der Waals surface area contributed by atoms with Gasteiger partial charge in [-0.2, -0.15) is 0 Å². The molecular formula is C22H27N3O. The topological polar surface area (TPSA) is 48.1 Å². The number of para-hydroxylation sites is 1. The number of fused-ring (bicyclic) bond motifs is 1. The lowest BCUT2D eigenvalue weighted by atomic mass is 9.90. The van der Waals surface area contributed by atoms with Gasteiger partial charge in [0.05, 0.1) is 0 Å². The molecule has 0 saturated heterocycles. The largest absolute Gasteiger partial charge is 0.378 e. The highest BCUT2D eigenvalue weighted by molar-refractivity contribution is 5.84. The summed E-state index contributed by atoms with van der Waals surface area (Å²) in [6, 6.07) is 16.9. The molecule has 0 radical (unpaired) electrons. The van der Waals surface area contributed by atoms with Crippen LogP contribution < -0.4 is 10.2 Å². The SMILES string of the molecule is CCCC(=O)NC[C@@H](c1ccc(N(C)C)cc1)c1c[nH]c2ccccc12. The van der Waals surface area contributed by atoms with Crippen LogP contribution in [0.1, 0.15) is 36.8 Å². The maximum Gasteiger partial charge on any atom is 0.220 e. The van der Waals surface area contributed by atoms with Gasteiger partial charge in [-0.1, -0.05) is 37.3 Å². The van der Waals surface area contributed by atoms with Gasteiger partial charge in [0.25, 0.3) is 0 Å². The molecule has 0 spiro atoms. The van der Waals surface area contributed by atoms with Crippen molar-refractivity contribution < 1.29 is 4.79 Å². The van der Waals surface area contributed by atoms with E-state index in [0.29, 0.717) is 13.0 Å². The molecule has 0 aliphatic carbocycles. The first-order chi connectivity index (χ1) is 12.6. The lowest BCUT2D eigenvalue weighted by Gasteiger charge is -2.20. The molecule has 0 bridgehead atoms. The molecule has 3 rings (SSSR count). The number of H-pyrrole nitrogens is 1. The number of aromatic amines is 1. The summed E-state index contributed by atoms with van der Waals surface area (Å²) in [5.41, 5.74) is 4.71. The predicted molar refractivity (Wildman–Crippen MR) is 109 cm³/mol. The Balaban J connectivity index is 1.94. The standard InChI is InChI=1S/C22H27N3O/c1-4-7-22(26)24-14-19(16-10-12-17(13-11-16)25(2)3)20-15-23-21-9-6-5-8-18(20)21/h5-6,8-13,15,19,23H,4,7,14H2,1-3H3,(H,24,26)/t19-/m0/s1. The number of carbonyl (C=O) groups excluding carboxylic acids is 1. The first-order valence-electron chi connectivity index (χ1n) is 9.20. The Morgan fingerprint density at radius 3 is 2.54 bits per heavy atom. The smallest absolute Gasteiger partial charge is 0.220 e. The lowest BCUT2D eigenvalue weighted by molar-refractivity contribution is -0.121. The minimum absolute atomic E-state index is 0.113. The van der Waals surface area contributed by atoms with E-state index in [1.807, 2.05) is 27.1 Å². The fraction of sp³-hybridized carbons (Fsp3) is 0.318. The Bertz CT molecular complexity index is 864. The number of benzene rings is 2. The summed E-state index contributed by atoms with van der Waals surface area (Å²) in [6.45, 7) is 2.62. The molecule has 0 unspecified atom stereocenters. The Hall–Kier alpha value is -2.75. The van der Waals surface area contributed by atoms with Crippen LogP contribution in [0.15, 0.2) is 54.7 Å². The van der Waals surface area contributed by atoms with Gasteiger partial charge in [-0.25, -0.2) is 0 Å². The number of nitrogens with one attached hydrogen (secondary N) is 2. The van der Waals surface area contributed by atoms with Crippen molar-refractivity contribution in [1.82, 2.24) is 10.3 Å². The van der Waals surface area contributed by atoms with Crippen LogP contribution in [0, 0.1) is 0 Å². The van der Waals surface area contributed by atoms with Crippen molar-refractivity contribution in [2.45, 2.75) is 25.7 Å². The summed E-state index contributed by atoms with van der Waals surface area (Å²) in [4.78, 5) is 17.5. The zero-order valence-corrected chi connectivity index (χ0v) is 15.8. The Kier molecular flexibility index (Phi) is 5.61. The van der Waals surface area contributed by atoms with Crippen molar-refractivity contribution >= 4 is 22.5 Å². The maximum atomic E-state index is 12.0. The molecule has 0 aliphatic rings. The van der Waals surface area contributed by atoms with E-state index in [4.69, 9.17) is 0 Å². The fourth-order valence-corrected chi connectivity index (χ4v) is 3.33. The minimum atomic E-state index is 0.113. The van der Waals surface area contributed by atoms with E-state index in [9.17, 15) is 4.79 Å². The second-order valence-electron chi connectivity index (χ2n) is 6.88. The molecule has 1 heterocycles. The first kappa shape index (κ1) is 18.1. The first-order valence-corrected chi connectivity index (χ1v) is 9.20. The monoisotopic (exact) mass is 349 g/mol. The highest BCUT2D eigenvalue weighted by atomic mass is 16.1. The van der Waals surface area contributed by atoms with Gasteiger partial charge < -0.3 is 15.2 Å². The third-order valence-electron chi connectivity index (χ3n) is 4.79. The zero-order valence-electron chi connectivity index (χ0n) is 15.8. The molecule has 0 fully saturated rings. The van der Waals surface area contributed by atoms with Gasteiger partial charge in [-0.05, 0) is 35.7 Å². The molecule has 4 nitrogen and oxygen atoms in total.